The van der Waals surface area contributed by atoms with Crippen molar-refractivity contribution in [3.8, 4) is 0 Å². The number of nitrogens with two attached hydrogens (primary N) is 1. The summed E-state index contributed by atoms with van der Waals surface area (Å²) in [6.07, 6.45) is 2.27. The van der Waals surface area contributed by atoms with Gasteiger partial charge in [0.05, 0.1) is 17.6 Å². The minimum absolute atomic E-state index is 0.0522. The zero-order chi connectivity index (χ0) is 15.6. The van der Waals surface area contributed by atoms with E-state index < -0.39 is 5.92 Å². The lowest BCUT2D eigenvalue weighted by Crippen LogP contribution is -2.45. The van der Waals surface area contributed by atoms with Crippen LogP contribution in [0.5, 0.6) is 0 Å². The lowest BCUT2D eigenvalue weighted by atomic mass is 10.1. The van der Waals surface area contributed by atoms with Gasteiger partial charge in [-0.25, -0.2) is 13.8 Å². The van der Waals surface area contributed by atoms with E-state index in [4.69, 9.17) is 5.73 Å². The minimum atomic E-state index is -2.58. The molecule has 118 valence electrons. The van der Waals surface area contributed by atoms with E-state index in [2.05, 4.69) is 10.1 Å². The molecular weight excluding hydrogens is 276 g/mol. The van der Waals surface area contributed by atoms with Gasteiger partial charge in [0.2, 0.25) is 5.92 Å². The predicted molar refractivity (Wildman–Crippen MR) is 80.2 cm³/mol. The molecule has 0 radical (unpaired) electrons. The Morgan fingerprint density at radius 1 is 1.38 bits per heavy atom. The van der Waals surface area contributed by atoms with Gasteiger partial charge in [0.25, 0.3) is 0 Å². The van der Waals surface area contributed by atoms with Crippen LogP contribution in [0.1, 0.15) is 39.5 Å². The van der Waals surface area contributed by atoms with Crippen molar-refractivity contribution >= 4 is 12.1 Å². The molecule has 0 aliphatic carbocycles. The van der Waals surface area contributed by atoms with Gasteiger partial charge in [-0.1, -0.05) is 13.3 Å². The van der Waals surface area contributed by atoms with Gasteiger partial charge >= 0.3 is 0 Å². The van der Waals surface area contributed by atoms with Gasteiger partial charge in [-0.2, -0.15) is 5.10 Å². The summed E-state index contributed by atoms with van der Waals surface area (Å²) < 4.78 is 27.1. The van der Waals surface area contributed by atoms with Gasteiger partial charge in [-0.3, -0.25) is 5.01 Å². The molecule has 7 heteroatoms. The van der Waals surface area contributed by atoms with Gasteiger partial charge in [-0.15, -0.1) is 0 Å². The predicted octanol–water partition coefficient (Wildman–Crippen LogP) is 2.36. The Bertz CT molecular complexity index is 484. The molecule has 0 saturated carbocycles. The highest BCUT2D eigenvalue weighted by atomic mass is 19.3. The Kier molecular flexibility index (Phi) is 4.49. The third-order valence-electron chi connectivity index (χ3n) is 3.79. The lowest BCUT2D eigenvalue weighted by molar-refractivity contribution is -0.0216. The standard InChI is InChI=1S/C14H23F2N5/c1-4-6-14(15,16)7-5-8-21-13-11(10(2)19-21)12(17)18-9-20(13)3/h9,13H,4-8,17H2,1-3H3. The first-order valence-corrected chi connectivity index (χ1v) is 7.31. The molecule has 2 rings (SSSR count). The average molecular weight is 299 g/mol. The van der Waals surface area contributed by atoms with Gasteiger partial charge < -0.3 is 10.6 Å². The molecule has 0 aromatic carbocycles. The minimum Gasteiger partial charge on any atom is -0.383 e. The second-order valence-corrected chi connectivity index (χ2v) is 5.64. The van der Waals surface area contributed by atoms with Crippen molar-refractivity contribution < 1.29 is 8.78 Å². The number of aliphatic imine (C=N–C) groups is 1. The summed E-state index contributed by atoms with van der Waals surface area (Å²) >= 11 is 0. The zero-order valence-electron chi connectivity index (χ0n) is 12.8. The smallest absolute Gasteiger partial charge is 0.248 e. The largest absolute Gasteiger partial charge is 0.383 e. The monoisotopic (exact) mass is 299 g/mol. The van der Waals surface area contributed by atoms with Crippen LogP contribution in [0.4, 0.5) is 8.78 Å². The van der Waals surface area contributed by atoms with Crippen LogP contribution in [0.15, 0.2) is 21.5 Å². The summed E-state index contributed by atoms with van der Waals surface area (Å²) in [4.78, 5) is 6.01. The Morgan fingerprint density at radius 2 is 2.10 bits per heavy atom. The van der Waals surface area contributed by atoms with Crippen LogP contribution in [0.3, 0.4) is 0 Å². The number of likely N-dealkylation sites (N-methyl/N-ethyl adjacent to an activating group) is 1. The summed E-state index contributed by atoms with van der Waals surface area (Å²) in [5, 5.41) is 6.27. The molecule has 1 atom stereocenters. The van der Waals surface area contributed by atoms with Crippen molar-refractivity contribution in [3.05, 3.63) is 11.4 Å². The number of nitrogens with zero attached hydrogens (tertiary/aromatic N) is 4. The third-order valence-corrected chi connectivity index (χ3v) is 3.79. The Labute approximate surface area is 124 Å². The molecule has 0 aromatic rings. The molecule has 2 aliphatic heterocycles. The van der Waals surface area contributed by atoms with Crippen LogP contribution in [0, 0.1) is 0 Å². The van der Waals surface area contributed by atoms with E-state index in [1.165, 1.54) is 0 Å². The van der Waals surface area contributed by atoms with E-state index in [9.17, 15) is 8.78 Å². The quantitative estimate of drug-likeness (QED) is 0.819. The summed E-state index contributed by atoms with van der Waals surface area (Å²) in [7, 11) is 1.88. The van der Waals surface area contributed by atoms with E-state index in [0.717, 1.165) is 11.3 Å². The van der Waals surface area contributed by atoms with Crippen molar-refractivity contribution in [2.45, 2.75) is 51.6 Å². The first-order valence-electron chi connectivity index (χ1n) is 7.31. The molecule has 0 fully saturated rings. The van der Waals surface area contributed by atoms with E-state index in [1.54, 1.807) is 13.3 Å². The molecule has 0 bridgehead atoms. The molecule has 1 unspecified atom stereocenters. The summed E-state index contributed by atoms with van der Waals surface area (Å²) in [5.74, 6) is -2.12. The third kappa shape index (κ3) is 3.33. The number of alkyl halides is 2. The van der Waals surface area contributed by atoms with E-state index in [0.29, 0.717) is 25.2 Å². The SMILES string of the molecule is CCCC(F)(F)CCCN1N=C(C)C2=C(N)N=CN(C)C21. The Hall–Kier alpha value is -1.66. The van der Waals surface area contributed by atoms with Crippen LogP contribution in [0.2, 0.25) is 0 Å². The van der Waals surface area contributed by atoms with Crippen LogP contribution in [0.25, 0.3) is 0 Å². The summed E-state index contributed by atoms with van der Waals surface area (Å²) in [6, 6.07) is 0. The number of rotatable bonds is 6. The van der Waals surface area contributed by atoms with Crippen LogP contribution >= 0.6 is 0 Å². The highest BCUT2D eigenvalue weighted by Gasteiger charge is 2.36. The van der Waals surface area contributed by atoms with Crippen LogP contribution in [-0.2, 0) is 0 Å². The number of halogens is 2. The molecule has 21 heavy (non-hydrogen) atoms. The van der Waals surface area contributed by atoms with Gasteiger partial charge in [0, 0.05) is 26.4 Å². The van der Waals surface area contributed by atoms with Crippen molar-refractivity contribution in [2.24, 2.45) is 15.8 Å². The first-order chi connectivity index (χ1) is 9.85. The molecule has 0 spiro atoms. The fraction of sp³-hybridized carbons (Fsp3) is 0.714. The summed E-state index contributed by atoms with van der Waals surface area (Å²) in [5.41, 5.74) is 7.58. The number of hydrogen-bond acceptors (Lipinski definition) is 5. The van der Waals surface area contributed by atoms with Crippen LogP contribution < -0.4 is 5.73 Å². The maximum Gasteiger partial charge on any atom is 0.248 e. The molecule has 0 aromatic heterocycles. The highest BCUT2D eigenvalue weighted by Crippen LogP contribution is 2.30. The second-order valence-electron chi connectivity index (χ2n) is 5.64. The maximum absolute atomic E-state index is 13.5. The van der Waals surface area contributed by atoms with Crippen molar-refractivity contribution in [1.29, 1.82) is 0 Å². The highest BCUT2D eigenvalue weighted by molar-refractivity contribution is 6.02. The molecule has 0 saturated heterocycles. The first kappa shape index (κ1) is 15.7. The number of fused-ring (bicyclic) bond motifs is 1. The van der Waals surface area contributed by atoms with Gasteiger partial charge in [0.1, 0.15) is 12.0 Å². The lowest BCUT2D eigenvalue weighted by Gasteiger charge is -2.33. The second kappa shape index (κ2) is 5.99. The fourth-order valence-electron chi connectivity index (χ4n) is 2.82. The van der Waals surface area contributed by atoms with E-state index >= 15 is 0 Å². The molecule has 2 N–H and O–H groups in total. The summed E-state index contributed by atoms with van der Waals surface area (Å²) in [6.45, 7) is 4.13. The normalized spacial score (nSPS) is 22.0. The maximum atomic E-state index is 13.5. The number of hydrogen-bond donors (Lipinski definition) is 1. The molecule has 5 nitrogen and oxygen atoms in total. The number of hydrazone groups is 1. The van der Waals surface area contributed by atoms with E-state index in [1.807, 2.05) is 23.9 Å². The molecule has 0 amide bonds. The molecule has 2 heterocycles. The topological polar surface area (TPSA) is 57.2 Å². The van der Waals surface area contributed by atoms with E-state index in [-0.39, 0.29) is 19.0 Å². The fourth-order valence-corrected chi connectivity index (χ4v) is 2.82. The van der Waals surface area contributed by atoms with Crippen molar-refractivity contribution in [2.75, 3.05) is 13.6 Å². The zero-order valence-corrected chi connectivity index (χ0v) is 12.8. The van der Waals surface area contributed by atoms with Gasteiger partial charge in [0.15, 0.2) is 0 Å². The van der Waals surface area contributed by atoms with Gasteiger partial charge in [-0.05, 0) is 13.3 Å². The van der Waals surface area contributed by atoms with Crippen molar-refractivity contribution in [1.82, 2.24) is 9.91 Å². The van der Waals surface area contributed by atoms with Crippen LogP contribution in [-0.4, -0.2) is 47.6 Å². The molecular formula is C14H23F2N5. The Morgan fingerprint density at radius 3 is 2.76 bits per heavy atom. The van der Waals surface area contributed by atoms with Crippen molar-refractivity contribution in [3.63, 3.8) is 0 Å². The Balaban J connectivity index is 1.98. The average Bonchev–Trinajstić information content (AvgIpc) is 2.72. The molecule has 2 aliphatic rings.